The molecule has 0 fully saturated rings. The summed E-state index contributed by atoms with van der Waals surface area (Å²) in [7, 11) is 1.73. The van der Waals surface area contributed by atoms with Crippen molar-refractivity contribution >= 4 is 23.2 Å². The second-order valence-corrected chi connectivity index (χ2v) is 5.59. The van der Waals surface area contributed by atoms with Gasteiger partial charge in [-0.2, -0.15) is 0 Å². The first-order valence-corrected chi connectivity index (χ1v) is 7.32. The number of aryl methyl sites for hydroxylation is 1. The van der Waals surface area contributed by atoms with Gasteiger partial charge in [-0.15, -0.1) is 0 Å². The minimum absolute atomic E-state index is 0.0135. The quantitative estimate of drug-likeness (QED) is 0.907. The molecule has 0 atom stereocenters. The number of likely N-dealkylation sites (N-methyl/N-ethyl adjacent to an activating group) is 1. The number of nitrogens with one attached hydrogen (secondary N) is 1. The highest BCUT2D eigenvalue weighted by Crippen LogP contribution is 2.19. The van der Waals surface area contributed by atoms with E-state index in [4.69, 9.17) is 11.6 Å². The molecule has 116 valence electrons. The molecule has 0 spiro atoms. The summed E-state index contributed by atoms with van der Waals surface area (Å²) in [6, 6.07) is 12.1. The lowest BCUT2D eigenvalue weighted by molar-refractivity contribution is -0.128. The van der Waals surface area contributed by atoms with Crippen molar-refractivity contribution in [1.29, 1.82) is 0 Å². The molecule has 0 radical (unpaired) electrons. The van der Waals surface area contributed by atoms with Crippen LogP contribution in [0.25, 0.3) is 0 Å². The Morgan fingerprint density at radius 1 is 1.27 bits per heavy atom. The first-order valence-electron chi connectivity index (χ1n) is 6.95. The molecule has 0 bridgehead atoms. The van der Waals surface area contributed by atoms with Gasteiger partial charge >= 0.3 is 0 Å². The molecule has 0 aliphatic rings. The van der Waals surface area contributed by atoms with Crippen LogP contribution in [0.2, 0.25) is 5.02 Å². The van der Waals surface area contributed by atoms with Gasteiger partial charge in [-0.3, -0.25) is 4.79 Å². The van der Waals surface area contributed by atoms with Crippen LogP contribution >= 0.6 is 11.6 Å². The fourth-order valence-corrected chi connectivity index (χ4v) is 2.24. The maximum Gasteiger partial charge on any atom is 0.241 e. The van der Waals surface area contributed by atoms with Crippen LogP contribution in [0.4, 0.5) is 10.1 Å². The minimum Gasteiger partial charge on any atom is -0.374 e. The Bertz CT molecular complexity index is 675. The molecule has 2 aromatic rings. The van der Waals surface area contributed by atoms with E-state index in [1.54, 1.807) is 11.9 Å². The number of benzene rings is 2. The summed E-state index contributed by atoms with van der Waals surface area (Å²) in [4.78, 5) is 13.7. The van der Waals surface area contributed by atoms with Crippen LogP contribution in [0.3, 0.4) is 0 Å². The highest BCUT2D eigenvalue weighted by Gasteiger charge is 2.11. The van der Waals surface area contributed by atoms with Crippen LogP contribution < -0.4 is 5.32 Å². The molecule has 2 aromatic carbocycles. The zero-order chi connectivity index (χ0) is 16.1. The third-order valence-corrected chi connectivity index (χ3v) is 3.69. The van der Waals surface area contributed by atoms with Crippen LogP contribution in [0.5, 0.6) is 0 Å². The Labute approximate surface area is 134 Å². The Hall–Kier alpha value is -2.07. The molecule has 0 heterocycles. The van der Waals surface area contributed by atoms with Gasteiger partial charge in [0.25, 0.3) is 0 Å². The average Bonchev–Trinajstić information content (AvgIpc) is 2.50. The van der Waals surface area contributed by atoms with E-state index in [1.165, 1.54) is 18.2 Å². The summed E-state index contributed by atoms with van der Waals surface area (Å²) in [5.74, 6) is -0.554. The molecule has 0 saturated heterocycles. The van der Waals surface area contributed by atoms with Crippen molar-refractivity contribution in [1.82, 2.24) is 4.90 Å². The number of anilines is 1. The monoisotopic (exact) mass is 320 g/mol. The fourth-order valence-electron chi connectivity index (χ4n) is 2.07. The van der Waals surface area contributed by atoms with E-state index in [0.29, 0.717) is 11.6 Å². The van der Waals surface area contributed by atoms with Crippen molar-refractivity contribution < 1.29 is 9.18 Å². The summed E-state index contributed by atoms with van der Waals surface area (Å²) >= 11 is 5.82. The van der Waals surface area contributed by atoms with Gasteiger partial charge in [0.05, 0.1) is 12.2 Å². The summed E-state index contributed by atoms with van der Waals surface area (Å²) in [6.07, 6.45) is 0. The van der Waals surface area contributed by atoms with Gasteiger partial charge in [-0.1, -0.05) is 35.9 Å². The third-order valence-electron chi connectivity index (χ3n) is 3.45. The fraction of sp³-hybridized carbons (Fsp3) is 0.235. The van der Waals surface area contributed by atoms with Crippen LogP contribution in [0.1, 0.15) is 11.1 Å². The molecule has 0 unspecified atom stereocenters. The molecular formula is C17H18ClFN2O. The maximum atomic E-state index is 13.6. The third kappa shape index (κ3) is 4.21. The number of nitrogens with zero attached hydrogens (tertiary/aromatic N) is 1. The van der Waals surface area contributed by atoms with Gasteiger partial charge in [0.15, 0.2) is 0 Å². The lowest BCUT2D eigenvalue weighted by Crippen LogP contribution is -2.32. The molecule has 0 saturated carbocycles. The normalized spacial score (nSPS) is 10.4. The van der Waals surface area contributed by atoms with E-state index in [9.17, 15) is 9.18 Å². The highest BCUT2D eigenvalue weighted by molar-refractivity contribution is 6.30. The number of halogens is 2. The largest absolute Gasteiger partial charge is 0.374 e. The first kappa shape index (κ1) is 16.3. The van der Waals surface area contributed by atoms with Gasteiger partial charge in [0, 0.05) is 18.6 Å². The van der Waals surface area contributed by atoms with Gasteiger partial charge in [0.1, 0.15) is 5.82 Å². The van der Waals surface area contributed by atoms with Gasteiger partial charge < -0.3 is 10.2 Å². The SMILES string of the molecule is Cc1ccccc1CN(C)C(=O)CNc1cc(Cl)ccc1F. The molecule has 22 heavy (non-hydrogen) atoms. The molecule has 0 aromatic heterocycles. The number of hydrogen-bond acceptors (Lipinski definition) is 2. The van der Waals surface area contributed by atoms with Gasteiger partial charge in [0.2, 0.25) is 5.91 Å². The standard InChI is InChI=1S/C17H18ClFN2O/c1-12-5-3-4-6-13(12)11-21(2)17(22)10-20-16-9-14(18)7-8-15(16)19/h3-9,20H,10-11H2,1-2H3. The Morgan fingerprint density at radius 3 is 2.73 bits per heavy atom. The minimum atomic E-state index is -0.432. The van der Waals surface area contributed by atoms with Gasteiger partial charge in [-0.05, 0) is 36.2 Å². The summed E-state index contributed by atoms with van der Waals surface area (Å²) in [5, 5.41) is 3.21. The molecule has 2 rings (SSSR count). The highest BCUT2D eigenvalue weighted by atomic mass is 35.5. The zero-order valence-electron chi connectivity index (χ0n) is 12.6. The summed E-state index contributed by atoms with van der Waals surface area (Å²) in [6.45, 7) is 2.54. The van der Waals surface area contributed by atoms with Crippen molar-refractivity contribution in [3.63, 3.8) is 0 Å². The Balaban J connectivity index is 1.94. The predicted molar refractivity (Wildman–Crippen MR) is 87.6 cm³/mol. The predicted octanol–water partition coefficient (Wildman–Crippen LogP) is 3.86. The molecule has 0 aliphatic heterocycles. The molecule has 1 N–H and O–H groups in total. The van der Waals surface area contributed by atoms with Crippen LogP contribution in [0.15, 0.2) is 42.5 Å². The van der Waals surface area contributed by atoms with Gasteiger partial charge in [-0.25, -0.2) is 4.39 Å². The average molecular weight is 321 g/mol. The van der Waals surface area contributed by atoms with E-state index < -0.39 is 5.82 Å². The van der Waals surface area contributed by atoms with Crippen molar-refractivity contribution in [2.24, 2.45) is 0 Å². The molecule has 0 aliphatic carbocycles. The van der Waals surface area contributed by atoms with Crippen molar-refractivity contribution in [3.8, 4) is 0 Å². The first-order chi connectivity index (χ1) is 10.5. The van der Waals surface area contributed by atoms with E-state index >= 15 is 0 Å². The summed E-state index contributed by atoms with van der Waals surface area (Å²) in [5.41, 5.74) is 2.45. The summed E-state index contributed by atoms with van der Waals surface area (Å²) < 4.78 is 13.6. The Kier molecular flexibility index (Phi) is 5.39. The van der Waals surface area contributed by atoms with Crippen molar-refractivity contribution in [2.45, 2.75) is 13.5 Å². The van der Waals surface area contributed by atoms with E-state index in [1.807, 2.05) is 31.2 Å². The lowest BCUT2D eigenvalue weighted by atomic mass is 10.1. The topological polar surface area (TPSA) is 32.3 Å². The number of rotatable bonds is 5. The Morgan fingerprint density at radius 2 is 2.00 bits per heavy atom. The van der Waals surface area contributed by atoms with Crippen molar-refractivity contribution in [3.05, 3.63) is 64.4 Å². The molecule has 3 nitrogen and oxygen atoms in total. The van der Waals surface area contributed by atoms with E-state index in [0.717, 1.165) is 11.1 Å². The van der Waals surface area contributed by atoms with E-state index in [2.05, 4.69) is 5.32 Å². The molecule has 5 heteroatoms. The van der Waals surface area contributed by atoms with Crippen LogP contribution in [-0.2, 0) is 11.3 Å². The smallest absolute Gasteiger partial charge is 0.241 e. The van der Waals surface area contributed by atoms with Crippen molar-refractivity contribution in [2.75, 3.05) is 18.9 Å². The number of hydrogen-bond donors (Lipinski definition) is 1. The van der Waals surface area contributed by atoms with Crippen LogP contribution in [-0.4, -0.2) is 24.4 Å². The second-order valence-electron chi connectivity index (χ2n) is 5.15. The number of carbonyl (C=O) groups excluding carboxylic acids is 1. The maximum absolute atomic E-state index is 13.6. The lowest BCUT2D eigenvalue weighted by Gasteiger charge is -2.19. The van der Waals surface area contributed by atoms with Crippen LogP contribution in [0, 0.1) is 12.7 Å². The van der Waals surface area contributed by atoms with E-state index in [-0.39, 0.29) is 18.1 Å². The number of carbonyl (C=O) groups is 1. The second kappa shape index (κ2) is 7.27. The molecule has 1 amide bonds. The number of amides is 1. The molecular weight excluding hydrogens is 303 g/mol. The zero-order valence-corrected chi connectivity index (χ0v) is 13.3.